The molecule has 1 N–H and O–H groups in total. The van der Waals surface area contributed by atoms with Gasteiger partial charge in [0.2, 0.25) is 5.91 Å². The molecule has 0 saturated carbocycles. The first-order valence-electron chi connectivity index (χ1n) is 5.71. The van der Waals surface area contributed by atoms with Crippen molar-refractivity contribution in [1.82, 2.24) is 4.90 Å². The van der Waals surface area contributed by atoms with Gasteiger partial charge in [-0.05, 0) is 26.7 Å². The maximum atomic E-state index is 11.9. The summed E-state index contributed by atoms with van der Waals surface area (Å²) < 4.78 is 0. The van der Waals surface area contributed by atoms with Crippen LogP contribution in [0.3, 0.4) is 0 Å². The Labute approximate surface area is 91.8 Å². The minimum atomic E-state index is 0.0237. The van der Waals surface area contributed by atoms with Crippen molar-refractivity contribution in [1.29, 1.82) is 0 Å². The van der Waals surface area contributed by atoms with Gasteiger partial charge in [-0.25, -0.2) is 0 Å². The SMILES string of the molecule is CC(C)=CC(=O)N1CCCCCC1CO. The van der Waals surface area contributed by atoms with Gasteiger partial charge in [0, 0.05) is 12.6 Å². The van der Waals surface area contributed by atoms with E-state index in [4.69, 9.17) is 0 Å². The van der Waals surface area contributed by atoms with Crippen LogP contribution in [0.5, 0.6) is 0 Å². The summed E-state index contributed by atoms with van der Waals surface area (Å²) in [4.78, 5) is 13.7. The molecule has 1 aliphatic heterocycles. The van der Waals surface area contributed by atoms with Crippen LogP contribution in [0.2, 0.25) is 0 Å². The highest BCUT2D eigenvalue weighted by atomic mass is 16.3. The highest BCUT2D eigenvalue weighted by molar-refractivity contribution is 5.88. The molecule has 0 aromatic carbocycles. The Morgan fingerprint density at radius 3 is 2.73 bits per heavy atom. The van der Waals surface area contributed by atoms with E-state index in [1.54, 1.807) is 6.08 Å². The lowest BCUT2D eigenvalue weighted by Gasteiger charge is -2.27. The predicted molar refractivity (Wildman–Crippen MR) is 60.5 cm³/mol. The van der Waals surface area contributed by atoms with Gasteiger partial charge in [-0.3, -0.25) is 4.79 Å². The van der Waals surface area contributed by atoms with E-state index in [2.05, 4.69) is 0 Å². The predicted octanol–water partition coefficient (Wildman–Crippen LogP) is 1.72. The van der Waals surface area contributed by atoms with Gasteiger partial charge in [0.25, 0.3) is 0 Å². The fourth-order valence-corrected chi connectivity index (χ4v) is 1.99. The van der Waals surface area contributed by atoms with Crippen molar-refractivity contribution in [3.63, 3.8) is 0 Å². The number of allylic oxidation sites excluding steroid dienone is 1. The molecule has 15 heavy (non-hydrogen) atoms. The first kappa shape index (κ1) is 12.2. The lowest BCUT2D eigenvalue weighted by molar-refractivity contribution is -0.129. The topological polar surface area (TPSA) is 40.5 Å². The number of likely N-dealkylation sites (tertiary alicyclic amines) is 1. The Hall–Kier alpha value is -0.830. The lowest BCUT2D eigenvalue weighted by Crippen LogP contribution is -2.41. The zero-order valence-electron chi connectivity index (χ0n) is 9.70. The molecule has 0 aromatic heterocycles. The minimum Gasteiger partial charge on any atom is -0.394 e. The molecule has 0 spiro atoms. The number of carbonyl (C=O) groups excluding carboxylic acids is 1. The van der Waals surface area contributed by atoms with Crippen LogP contribution in [0.25, 0.3) is 0 Å². The molecule has 1 fully saturated rings. The summed E-state index contributed by atoms with van der Waals surface area (Å²) in [6.07, 6.45) is 5.92. The summed E-state index contributed by atoms with van der Waals surface area (Å²) in [5.74, 6) is 0.0518. The smallest absolute Gasteiger partial charge is 0.246 e. The van der Waals surface area contributed by atoms with Gasteiger partial charge in [-0.1, -0.05) is 18.4 Å². The van der Waals surface area contributed by atoms with Gasteiger partial charge < -0.3 is 10.0 Å². The van der Waals surface area contributed by atoms with Gasteiger partial charge in [0.1, 0.15) is 0 Å². The molecule has 1 rings (SSSR count). The van der Waals surface area contributed by atoms with Gasteiger partial charge in [0.15, 0.2) is 0 Å². The van der Waals surface area contributed by atoms with Gasteiger partial charge in [-0.2, -0.15) is 0 Å². The van der Waals surface area contributed by atoms with Gasteiger partial charge in [-0.15, -0.1) is 0 Å². The quantitative estimate of drug-likeness (QED) is 0.706. The van der Waals surface area contributed by atoms with Crippen molar-refractivity contribution >= 4 is 5.91 Å². The van der Waals surface area contributed by atoms with Crippen LogP contribution in [0, 0.1) is 0 Å². The van der Waals surface area contributed by atoms with E-state index < -0.39 is 0 Å². The van der Waals surface area contributed by atoms with Crippen LogP contribution in [0.1, 0.15) is 39.5 Å². The standard InChI is InChI=1S/C12H21NO2/c1-10(2)8-12(15)13-7-5-3-4-6-11(13)9-14/h8,11,14H,3-7,9H2,1-2H3. The number of amides is 1. The Morgan fingerprint density at radius 1 is 1.40 bits per heavy atom. The molecule has 1 saturated heterocycles. The molecule has 0 aromatic rings. The first-order chi connectivity index (χ1) is 7.15. The van der Waals surface area contributed by atoms with Gasteiger partial charge in [0.05, 0.1) is 12.6 Å². The molecule has 1 aliphatic rings. The van der Waals surface area contributed by atoms with Crippen molar-refractivity contribution in [3.05, 3.63) is 11.6 Å². The average molecular weight is 211 g/mol. The van der Waals surface area contributed by atoms with Crippen LogP contribution in [-0.2, 0) is 4.79 Å². The van der Waals surface area contributed by atoms with E-state index in [1.165, 1.54) is 0 Å². The number of aliphatic hydroxyl groups excluding tert-OH is 1. The maximum absolute atomic E-state index is 11.9. The molecule has 1 atom stereocenters. The molecule has 1 unspecified atom stereocenters. The third-order valence-electron chi connectivity index (χ3n) is 2.78. The molecule has 1 amide bonds. The minimum absolute atomic E-state index is 0.0237. The van der Waals surface area contributed by atoms with Crippen molar-refractivity contribution in [2.45, 2.75) is 45.6 Å². The normalized spacial score (nSPS) is 22.1. The summed E-state index contributed by atoms with van der Waals surface area (Å²) in [6, 6.07) is 0.0237. The fourth-order valence-electron chi connectivity index (χ4n) is 1.99. The molecule has 0 bridgehead atoms. The molecule has 3 nitrogen and oxygen atoms in total. The van der Waals surface area contributed by atoms with Crippen molar-refractivity contribution in [3.8, 4) is 0 Å². The van der Waals surface area contributed by atoms with E-state index in [0.29, 0.717) is 0 Å². The van der Waals surface area contributed by atoms with Crippen LogP contribution >= 0.6 is 0 Å². The Bertz CT molecular complexity index is 244. The summed E-state index contributed by atoms with van der Waals surface area (Å²) in [6.45, 7) is 4.71. The van der Waals surface area contributed by atoms with Crippen LogP contribution < -0.4 is 0 Å². The highest BCUT2D eigenvalue weighted by Gasteiger charge is 2.23. The van der Waals surface area contributed by atoms with Crippen molar-refractivity contribution in [2.24, 2.45) is 0 Å². The molecule has 3 heteroatoms. The number of carbonyl (C=O) groups is 1. The molecule has 0 aliphatic carbocycles. The Balaban J connectivity index is 2.70. The molecular weight excluding hydrogens is 190 g/mol. The zero-order chi connectivity index (χ0) is 11.3. The molecule has 0 radical (unpaired) electrons. The van der Waals surface area contributed by atoms with E-state index in [1.807, 2.05) is 18.7 Å². The third-order valence-corrected chi connectivity index (χ3v) is 2.78. The van der Waals surface area contributed by atoms with E-state index >= 15 is 0 Å². The molecule has 86 valence electrons. The van der Waals surface area contributed by atoms with Gasteiger partial charge >= 0.3 is 0 Å². The summed E-state index contributed by atoms with van der Waals surface area (Å²) in [5.41, 5.74) is 1.01. The van der Waals surface area contributed by atoms with Crippen LogP contribution in [0.15, 0.2) is 11.6 Å². The number of hydrogen-bond acceptors (Lipinski definition) is 2. The van der Waals surface area contributed by atoms with Crippen LogP contribution in [0.4, 0.5) is 0 Å². The molecule has 1 heterocycles. The largest absolute Gasteiger partial charge is 0.394 e. The fraction of sp³-hybridized carbons (Fsp3) is 0.750. The second kappa shape index (κ2) is 5.91. The second-order valence-corrected chi connectivity index (χ2v) is 4.44. The van der Waals surface area contributed by atoms with E-state index in [9.17, 15) is 9.90 Å². The van der Waals surface area contributed by atoms with E-state index in [-0.39, 0.29) is 18.6 Å². The lowest BCUT2D eigenvalue weighted by atomic mass is 10.1. The Morgan fingerprint density at radius 2 is 2.13 bits per heavy atom. The second-order valence-electron chi connectivity index (χ2n) is 4.44. The molecular formula is C12H21NO2. The number of rotatable bonds is 2. The maximum Gasteiger partial charge on any atom is 0.246 e. The highest BCUT2D eigenvalue weighted by Crippen LogP contribution is 2.17. The first-order valence-corrected chi connectivity index (χ1v) is 5.71. The van der Waals surface area contributed by atoms with Crippen molar-refractivity contribution in [2.75, 3.05) is 13.2 Å². The average Bonchev–Trinajstić information content (AvgIpc) is 2.40. The summed E-state index contributed by atoms with van der Waals surface area (Å²) >= 11 is 0. The van der Waals surface area contributed by atoms with Crippen LogP contribution in [-0.4, -0.2) is 35.1 Å². The zero-order valence-corrected chi connectivity index (χ0v) is 9.70. The number of nitrogens with zero attached hydrogens (tertiary/aromatic N) is 1. The summed E-state index contributed by atoms with van der Waals surface area (Å²) in [7, 11) is 0. The summed E-state index contributed by atoms with van der Waals surface area (Å²) in [5, 5.41) is 9.25. The van der Waals surface area contributed by atoms with Crippen molar-refractivity contribution < 1.29 is 9.90 Å². The Kier molecular flexibility index (Phi) is 4.82. The monoisotopic (exact) mass is 211 g/mol. The number of aliphatic hydroxyl groups is 1. The number of hydrogen-bond donors (Lipinski definition) is 1. The van der Waals surface area contributed by atoms with E-state index in [0.717, 1.165) is 37.8 Å². The third kappa shape index (κ3) is 3.67.